The zero-order valence-corrected chi connectivity index (χ0v) is 11.1. The Kier molecular flexibility index (Phi) is 4.05. The van der Waals surface area contributed by atoms with Gasteiger partial charge in [-0.1, -0.05) is 12.8 Å². The van der Waals surface area contributed by atoms with E-state index in [-0.39, 0.29) is 0 Å². The number of rotatable bonds is 5. The highest BCUT2D eigenvalue weighted by molar-refractivity contribution is 5.31. The molecule has 1 fully saturated rings. The molecule has 1 aliphatic carbocycles. The van der Waals surface area contributed by atoms with E-state index in [1.165, 1.54) is 25.7 Å². The van der Waals surface area contributed by atoms with Gasteiger partial charge in [0.2, 0.25) is 0 Å². The summed E-state index contributed by atoms with van der Waals surface area (Å²) in [6, 6.07) is 0.717. The first-order valence-corrected chi connectivity index (χ1v) is 6.55. The quantitative estimate of drug-likeness (QED) is 0.796. The van der Waals surface area contributed by atoms with Crippen molar-refractivity contribution in [1.82, 2.24) is 15.1 Å². The van der Waals surface area contributed by atoms with Crippen LogP contribution in [0.3, 0.4) is 0 Å². The van der Waals surface area contributed by atoms with Crippen molar-refractivity contribution in [2.75, 3.05) is 13.2 Å². The topological polar surface area (TPSA) is 39.1 Å². The minimum atomic E-state index is 0.717. The summed E-state index contributed by atoms with van der Waals surface area (Å²) in [7, 11) is 1.95. The first-order valence-electron chi connectivity index (χ1n) is 6.55. The number of hydrogen-bond acceptors (Lipinski definition) is 3. The third-order valence-corrected chi connectivity index (χ3v) is 3.58. The fourth-order valence-corrected chi connectivity index (χ4v) is 2.51. The van der Waals surface area contributed by atoms with Crippen LogP contribution in [0.25, 0.3) is 0 Å². The monoisotopic (exact) mass is 237 g/mol. The van der Waals surface area contributed by atoms with Gasteiger partial charge in [-0.2, -0.15) is 5.10 Å². The fourth-order valence-electron chi connectivity index (χ4n) is 2.51. The Labute approximate surface area is 103 Å². The van der Waals surface area contributed by atoms with E-state index in [9.17, 15) is 0 Å². The van der Waals surface area contributed by atoms with Gasteiger partial charge in [0.1, 0.15) is 12.3 Å². The van der Waals surface area contributed by atoms with Crippen LogP contribution in [0.4, 0.5) is 0 Å². The Morgan fingerprint density at radius 3 is 2.65 bits per heavy atom. The van der Waals surface area contributed by atoms with Crippen molar-refractivity contribution in [3.05, 3.63) is 11.4 Å². The molecule has 17 heavy (non-hydrogen) atoms. The highest BCUT2D eigenvalue weighted by atomic mass is 16.5. The van der Waals surface area contributed by atoms with Gasteiger partial charge >= 0.3 is 0 Å². The van der Waals surface area contributed by atoms with Gasteiger partial charge < -0.3 is 10.1 Å². The number of ether oxygens (including phenoxy) is 1. The van der Waals surface area contributed by atoms with E-state index in [1.54, 1.807) is 0 Å². The lowest BCUT2D eigenvalue weighted by Crippen LogP contribution is -2.30. The molecule has 1 aromatic heterocycles. The molecule has 0 aromatic carbocycles. The van der Waals surface area contributed by atoms with Crippen LogP contribution in [-0.2, 0) is 7.05 Å². The molecule has 1 heterocycles. The zero-order chi connectivity index (χ0) is 12.3. The summed E-state index contributed by atoms with van der Waals surface area (Å²) in [4.78, 5) is 0. The second-order valence-corrected chi connectivity index (χ2v) is 4.91. The molecule has 1 aliphatic rings. The van der Waals surface area contributed by atoms with Gasteiger partial charge in [-0.15, -0.1) is 0 Å². The standard InChI is InChI=1S/C13H23N3O/c1-10-13(11(2)16(3)15-10)17-9-8-14-12-6-4-5-7-12/h12,14H,4-9H2,1-3H3. The molecule has 0 atom stereocenters. The zero-order valence-electron chi connectivity index (χ0n) is 11.1. The van der Waals surface area contributed by atoms with Crippen molar-refractivity contribution in [2.45, 2.75) is 45.6 Å². The predicted octanol–water partition coefficient (Wildman–Crippen LogP) is 1.95. The largest absolute Gasteiger partial charge is 0.488 e. The molecule has 96 valence electrons. The summed E-state index contributed by atoms with van der Waals surface area (Å²) in [5.74, 6) is 0.945. The van der Waals surface area contributed by atoms with Crippen molar-refractivity contribution < 1.29 is 4.74 Å². The molecule has 0 aliphatic heterocycles. The van der Waals surface area contributed by atoms with Gasteiger partial charge in [-0.3, -0.25) is 4.68 Å². The molecule has 2 rings (SSSR count). The van der Waals surface area contributed by atoms with E-state index in [4.69, 9.17) is 4.74 Å². The summed E-state index contributed by atoms with van der Waals surface area (Å²) in [5.41, 5.74) is 2.08. The SMILES string of the molecule is Cc1nn(C)c(C)c1OCCNC1CCCC1. The minimum Gasteiger partial charge on any atom is -0.488 e. The van der Waals surface area contributed by atoms with E-state index < -0.39 is 0 Å². The van der Waals surface area contributed by atoms with E-state index in [2.05, 4.69) is 10.4 Å². The molecule has 0 spiro atoms. The second-order valence-electron chi connectivity index (χ2n) is 4.91. The Balaban J connectivity index is 1.74. The van der Waals surface area contributed by atoms with E-state index in [0.29, 0.717) is 0 Å². The van der Waals surface area contributed by atoms with E-state index >= 15 is 0 Å². The summed E-state index contributed by atoms with van der Waals surface area (Å²) in [5, 5.41) is 7.88. The highest BCUT2D eigenvalue weighted by Crippen LogP contribution is 2.21. The van der Waals surface area contributed by atoms with Gasteiger partial charge in [-0.05, 0) is 26.7 Å². The minimum absolute atomic E-state index is 0.717. The van der Waals surface area contributed by atoms with Gasteiger partial charge in [0.05, 0.1) is 5.69 Å². The van der Waals surface area contributed by atoms with Gasteiger partial charge in [0.25, 0.3) is 0 Å². The smallest absolute Gasteiger partial charge is 0.163 e. The van der Waals surface area contributed by atoms with Crippen LogP contribution in [0.2, 0.25) is 0 Å². The molecule has 1 aromatic rings. The number of hydrogen-bond donors (Lipinski definition) is 1. The second kappa shape index (κ2) is 5.54. The Hall–Kier alpha value is -1.03. The van der Waals surface area contributed by atoms with Crippen LogP contribution >= 0.6 is 0 Å². The lowest BCUT2D eigenvalue weighted by Gasteiger charge is -2.12. The maximum atomic E-state index is 5.80. The first-order chi connectivity index (χ1) is 8.18. The van der Waals surface area contributed by atoms with Crippen molar-refractivity contribution in [2.24, 2.45) is 7.05 Å². The van der Waals surface area contributed by atoms with Gasteiger partial charge in [0, 0.05) is 19.6 Å². The fraction of sp³-hybridized carbons (Fsp3) is 0.769. The lowest BCUT2D eigenvalue weighted by molar-refractivity contribution is 0.301. The number of aromatic nitrogens is 2. The Bertz CT molecular complexity index is 367. The molecular weight excluding hydrogens is 214 g/mol. The number of nitrogens with zero attached hydrogens (tertiary/aromatic N) is 2. The molecule has 0 bridgehead atoms. The summed E-state index contributed by atoms with van der Waals surface area (Å²) in [6.07, 6.45) is 5.40. The molecule has 1 saturated carbocycles. The third-order valence-electron chi connectivity index (χ3n) is 3.58. The average molecular weight is 237 g/mol. The molecule has 0 radical (unpaired) electrons. The maximum Gasteiger partial charge on any atom is 0.163 e. The third kappa shape index (κ3) is 3.00. The molecule has 4 heteroatoms. The molecule has 0 saturated heterocycles. The first kappa shape index (κ1) is 12.4. The van der Waals surface area contributed by atoms with Crippen molar-refractivity contribution in [3.63, 3.8) is 0 Å². The van der Waals surface area contributed by atoms with Crippen LogP contribution in [0.1, 0.15) is 37.1 Å². The van der Waals surface area contributed by atoms with E-state index in [1.807, 2.05) is 25.6 Å². The van der Waals surface area contributed by atoms with Crippen LogP contribution < -0.4 is 10.1 Å². The maximum absolute atomic E-state index is 5.80. The predicted molar refractivity (Wildman–Crippen MR) is 68.4 cm³/mol. The van der Waals surface area contributed by atoms with E-state index in [0.717, 1.165) is 36.3 Å². The molecule has 1 N–H and O–H groups in total. The molecule has 0 unspecified atom stereocenters. The summed E-state index contributed by atoms with van der Waals surface area (Å²) >= 11 is 0. The summed E-state index contributed by atoms with van der Waals surface area (Å²) in [6.45, 7) is 5.69. The van der Waals surface area contributed by atoms with Crippen LogP contribution in [0, 0.1) is 13.8 Å². The van der Waals surface area contributed by atoms with Crippen molar-refractivity contribution in [1.29, 1.82) is 0 Å². The van der Waals surface area contributed by atoms with Gasteiger partial charge in [0.15, 0.2) is 5.75 Å². The average Bonchev–Trinajstić information content (AvgIpc) is 2.87. The van der Waals surface area contributed by atoms with Crippen LogP contribution in [0.15, 0.2) is 0 Å². The molecular formula is C13H23N3O. The molecule has 0 amide bonds. The van der Waals surface area contributed by atoms with Crippen LogP contribution in [-0.4, -0.2) is 29.0 Å². The lowest BCUT2D eigenvalue weighted by atomic mass is 10.2. The van der Waals surface area contributed by atoms with Crippen molar-refractivity contribution >= 4 is 0 Å². The normalized spacial score (nSPS) is 16.6. The Morgan fingerprint density at radius 2 is 2.06 bits per heavy atom. The van der Waals surface area contributed by atoms with Crippen LogP contribution in [0.5, 0.6) is 5.75 Å². The number of nitrogens with one attached hydrogen (secondary N) is 1. The number of aryl methyl sites for hydroxylation is 2. The van der Waals surface area contributed by atoms with Crippen molar-refractivity contribution in [3.8, 4) is 5.75 Å². The molecule has 4 nitrogen and oxygen atoms in total. The Morgan fingerprint density at radius 1 is 1.35 bits per heavy atom. The summed E-state index contributed by atoms with van der Waals surface area (Å²) < 4.78 is 7.67. The van der Waals surface area contributed by atoms with Gasteiger partial charge in [-0.25, -0.2) is 0 Å². The highest BCUT2D eigenvalue weighted by Gasteiger charge is 2.14.